The summed E-state index contributed by atoms with van der Waals surface area (Å²) in [6.07, 6.45) is 3.37. The van der Waals surface area contributed by atoms with Gasteiger partial charge in [-0.15, -0.1) is 5.10 Å². The number of hydrogen-bond acceptors (Lipinski definition) is 6. The van der Waals surface area contributed by atoms with E-state index in [4.69, 9.17) is 16.3 Å². The first kappa shape index (κ1) is 22.4. The van der Waals surface area contributed by atoms with Crippen LogP contribution in [-0.2, 0) is 11.2 Å². The number of aromatic nitrogens is 3. The molecule has 0 unspecified atom stereocenters. The van der Waals surface area contributed by atoms with Gasteiger partial charge in [-0.1, -0.05) is 45.8 Å². The molecule has 0 saturated carbocycles. The topological polar surface area (TPSA) is 85.6 Å². The van der Waals surface area contributed by atoms with Crippen molar-refractivity contribution in [2.45, 2.75) is 19.8 Å². The number of anilines is 1. The summed E-state index contributed by atoms with van der Waals surface area (Å²) in [4.78, 5) is 30.0. The van der Waals surface area contributed by atoms with Crippen molar-refractivity contribution in [1.82, 2.24) is 14.6 Å². The summed E-state index contributed by atoms with van der Waals surface area (Å²) in [6.45, 7) is 1.85. The zero-order valence-corrected chi connectivity index (χ0v) is 20.1. The first-order valence-corrected chi connectivity index (χ1v) is 11.8. The van der Waals surface area contributed by atoms with Crippen molar-refractivity contribution in [3.05, 3.63) is 78.2 Å². The lowest BCUT2D eigenvalue weighted by molar-refractivity contribution is -0.118. The summed E-state index contributed by atoms with van der Waals surface area (Å²) in [5.74, 6) is 0.832. The number of benzene rings is 2. The number of aryl methyl sites for hydroxylation is 1. The average molecular weight is 534 g/mol. The zero-order chi connectivity index (χ0) is 22.7. The third kappa shape index (κ3) is 5.17. The fourth-order valence-corrected chi connectivity index (χ4v) is 4.40. The highest BCUT2D eigenvalue weighted by molar-refractivity contribution is 9.10. The highest BCUT2D eigenvalue weighted by Gasteiger charge is 2.12. The lowest BCUT2D eigenvalue weighted by Crippen LogP contribution is -2.24. The van der Waals surface area contributed by atoms with Crippen LogP contribution in [0.2, 0.25) is 5.02 Å². The van der Waals surface area contributed by atoms with Crippen molar-refractivity contribution in [3.63, 3.8) is 0 Å². The van der Waals surface area contributed by atoms with E-state index in [0.29, 0.717) is 37.3 Å². The Labute approximate surface area is 200 Å². The molecule has 32 heavy (non-hydrogen) atoms. The Morgan fingerprint density at radius 2 is 2.06 bits per heavy atom. The molecule has 0 aliphatic rings. The molecule has 0 fully saturated rings. The average Bonchev–Trinajstić information content (AvgIpc) is 3.28. The van der Waals surface area contributed by atoms with Crippen LogP contribution in [0, 0.1) is 0 Å². The summed E-state index contributed by atoms with van der Waals surface area (Å²) >= 11 is 10.6. The fraction of sp³-hybridized carbons (Fsp3) is 0.182. The Morgan fingerprint density at radius 1 is 1.28 bits per heavy atom. The maximum absolute atomic E-state index is 12.8. The van der Waals surface area contributed by atoms with Gasteiger partial charge >= 0.3 is 0 Å². The van der Waals surface area contributed by atoms with Crippen molar-refractivity contribution >= 4 is 61.5 Å². The summed E-state index contributed by atoms with van der Waals surface area (Å²) in [5, 5.41) is 7.63. The predicted octanol–water partition coefficient (Wildman–Crippen LogP) is 4.08. The van der Waals surface area contributed by atoms with Crippen molar-refractivity contribution in [2.24, 2.45) is 0 Å². The molecule has 1 N–H and O–H groups in total. The van der Waals surface area contributed by atoms with Crippen molar-refractivity contribution in [3.8, 4) is 5.75 Å². The summed E-state index contributed by atoms with van der Waals surface area (Å²) in [7, 11) is 0. The zero-order valence-electron chi connectivity index (χ0n) is 17.0. The number of halogens is 2. The minimum Gasteiger partial charge on any atom is -0.483 e. The molecule has 0 bridgehead atoms. The van der Waals surface area contributed by atoms with Gasteiger partial charge in [-0.25, -0.2) is 4.98 Å². The number of hydrogen-bond donors (Lipinski definition) is 1. The number of carbonyl (C=O) groups excluding carboxylic acids is 1. The van der Waals surface area contributed by atoms with Gasteiger partial charge in [0.25, 0.3) is 11.5 Å². The van der Waals surface area contributed by atoms with Gasteiger partial charge < -0.3 is 10.1 Å². The Kier molecular flexibility index (Phi) is 6.88. The first-order chi connectivity index (χ1) is 15.4. The number of thiazole rings is 1. The first-order valence-electron chi connectivity index (χ1n) is 9.81. The quantitative estimate of drug-likeness (QED) is 0.387. The molecule has 164 valence electrons. The number of rotatable bonds is 7. The lowest BCUT2D eigenvalue weighted by Gasteiger charge is -2.10. The molecule has 0 radical (unpaired) electrons. The van der Waals surface area contributed by atoms with Gasteiger partial charge in [0.15, 0.2) is 12.4 Å². The molecule has 7 nitrogen and oxygen atoms in total. The van der Waals surface area contributed by atoms with E-state index in [1.54, 1.807) is 36.4 Å². The third-order valence-corrected chi connectivity index (χ3v) is 6.15. The molecule has 1 amide bonds. The van der Waals surface area contributed by atoms with E-state index in [1.165, 1.54) is 15.9 Å². The highest BCUT2D eigenvalue weighted by Crippen LogP contribution is 2.24. The smallest absolute Gasteiger partial charge is 0.291 e. The van der Waals surface area contributed by atoms with Crippen LogP contribution < -0.4 is 20.1 Å². The molecule has 10 heteroatoms. The van der Waals surface area contributed by atoms with E-state index in [1.807, 2.05) is 19.1 Å². The van der Waals surface area contributed by atoms with E-state index < -0.39 is 0 Å². The minimum absolute atomic E-state index is 0.189. The molecule has 2 heterocycles. The van der Waals surface area contributed by atoms with Crippen LogP contribution in [-0.4, -0.2) is 27.1 Å². The number of amides is 1. The largest absolute Gasteiger partial charge is 0.483 e. The van der Waals surface area contributed by atoms with Crippen molar-refractivity contribution in [2.75, 3.05) is 11.9 Å². The predicted molar refractivity (Wildman–Crippen MR) is 130 cm³/mol. The van der Waals surface area contributed by atoms with E-state index >= 15 is 0 Å². The Balaban J connectivity index is 1.56. The maximum Gasteiger partial charge on any atom is 0.291 e. The number of nitrogens with one attached hydrogen (secondary N) is 1. The number of ether oxygens (including phenoxy) is 1. The van der Waals surface area contributed by atoms with E-state index in [0.717, 1.165) is 17.3 Å². The van der Waals surface area contributed by atoms with Gasteiger partial charge in [0.2, 0.25) is 4.96 Å². The van der Waals surface area contributed by atoms with Gasteiger partial charge in [0.05, 0.1) is 4.53 Å². The van der Waals surface area contributed by atoms with Crippen LogP contribution in [0.15, 0.2) is 51.7 Å². The van der Waals surface area contributed by atoms with Gasteiger partial charge in [-0.3, -0.25) is 9.59 Å². The van der Waals surface area contributed by atoms with E-state index in [9.17, 15) is 9.59 Å². The molecule has 0 aliphatic heterocycles. The molecule has 4 aromatic rings. The fourth-order valence-electron chi connectivity index (χ4n) is 2.98. The second kappa shape index (κ2) is 9.81. The summed E-state index contributed by atoms with van der Waals surface area (Å²) < 4.78 is 8.38. The van der Waals surface area contributed by atoms with E-state index in [2.05, 4.69) is 31.3 Å². The normalized spacial score (nSPS) is 11.8. The number of nitrogens with zero attached hydrogens (tertiary/aromatic N) is 3. The maximum atomic E-state index is 12.8. The second-order valence-corrected chi connectivity index (χ2v) is 9.28. The SMILES string of the molecule is CCCc1nc2s/c(=C\c3cc(Br)ccc3OCC(=O)Nc3ccc(Cl)cc3)c(=O)n2n1. The van der Waals surface area contributed by atoms with E-state index in [-0.39, 0.29) is 18.1 Å². The van der Waals surface area contributed by atoms with Crippen LogP contribution in [0.4, 0.5) is 5.69 Å². The summed E-state index contributed by atoms with van der Waals surface area (Å²) in [6, 6.07) is 12.2. The van der Waals surface area contributed by atoms with Gasteiger partial charge in [0, 0.05) is 27.2 Å². The Bertz CT molecular complexity index is 1380. The minimum atomic E-state index is -0.312. The molecular weight excluding hydrogens is 516 g/mol. The number of carbonyl (C=O) groups is 1. The lowest BCUT2D eigenvalue weighted by atomic mass is 10.2. The second-order valence-electron chi connectivity index (χ2n) is 6.91. The molecule has 2 aromatic carbocycles. The van der Waals surface area contributed by atoms with Gasteiger partial charge in [0.1, 0.15) is 5.75 Å². The molecule has 0 saturated heterocycles. The van der Waals surface area contributed by atoms with Crippen LogP contribution >= 0.6 is 38.9 Å². The van der Waals surface area contributed by atoms with Gasteiger partial charge in [-0.2, -0.15) is 4.52 Å². The third-order valence-electron chi connectivity index (χ3n) is 4.44. The van der Waals surface area contributed by atoms with Crippen LogP contribution in [0.3, 0.4) is 0 Å². The molecule has 0 aliphatic carbocycles. The van der Waals surface area contributed by atoms with Crippen LogP contribution in [0.25, 0.3) is 11.0 Å². The molecule has 0 spiro atoms. The highest BCUT2D eigenvalue weighted by atomic mass is 79.9. The van der Waals surface area contributed by atoms with Crippen LogP contribution in [0.5, 0.6) is 5.75 Å². The standard InChI is InChI=1S/C22H18BrClN4O3S/c1-2-3-19-26-22-28(27-19)21(30)18(32-22)11-13-10-14(23)4-9-17(13)31-12-20(29)25-16-7-5-15(24)6-8-16/h4-11H,2-3,12H2,1H3,(H,25,29)/b18-11-. The Hall–Kier alpha value is -2.75. The summed E-state index contributed by atoms with van der Waals surface area (Å²) in [5.41, 5.74) is 1.05. The monoisotopic (exact) mass is 532 g/mol. The Morgan fingerprint density at radius 3 is 2.78 bits per heavy atom. The molecule has 2 aromatic heterocycles. The van der Waals surface area contributed by atoms with Gasteiger partial charge in [-0.05, 0) is 55.0 Å². The van der Waals surface area contributed by atoms with Crippen molar-refractivity contribution < 1.29 is 9.53 Å². The number of fused-ring (bicyclic) bond motifs is 1. The van der Waals surface area contributed by atoms with Crippen LogP contribution in [0.1, 0.15) is 24.7 Å². The molecule has 0 atom stereocenters. The van der Waals surface area contributed by atoms with Crippen molar-refractivity contribution in [1.29, 1.82) is 0 Å². The molecular formula is C22H18BrClN4O3S. The molecule has 4 rings (SSSR count).